The fourth-order valence-corrected chi connectivity index (χ4v) is 3.38. The number of benzene rings is 1. The van der Waals surface area contributed by atoms with Crippen molar-refractivity contribution in [2.75, 3.05) is 13.1 Å². The topological polar surface area (TPSA) is 72.1 Å². The standard InChI is InChI=1S/C19H20N4O2/c1-13-20-18(22-25-13)9-6-14-10-11-23(12-14)19(24)17-8-7-15-4-2-3-5-16(15)21-17/h2-5,7-8,14H,6,9-12H2,1H3. The average Bonchev–Trinajstić information content (AvgIpc) is 3.28. The normalized spacial score (nSPS) is 17.3. The lowest BCUT2D eigenvalue weighted by molar-refractivity contribution is 0.0781. The van der Waals surface area contributed by atoms with Gasteiger partial charge in [-0.3, -0.25) is 4.79 Å². The molecular weight excluding hydrogens is 316 g/mol. The summed E-state index contributed by atoms with van der Waals surface area (Å²) in [5.74, 6) is 1.84. The molecule has 0 aliphatic carbocycles. The molecule has 25 heavy (non-hydrogen) atoms. The second kappa shape index (κ2) is 6.63. The third-order valence-corrected chi connectivity index (χ3v) is 4.74. The summed E-state index contributed by atoms with van der Waals surface area (Å²) >= 11 is 0. The molecule has 1 aromatic carbocycles. The molecule has 0 saturated carbocycles. The van der Waals surface area contributed by atoms with E-state index in [4.69, 9.17) is 4.52 Å². The predicted molar refractivity (Wildman–Crippen MR) is 93.1 cm³/mol. The van der Waals surface area contributed by atoms with Gasteiger partial charge in [0.2, 0.25) is 5.89 Å². The third kappa shape index (κ3) is 3.38. The minimum Gasteiger partial charge on any atom is -0.340 e. The summed E-state index contributed by atoms with van der Waals surface area (Å²) in [7, 11) is 0. The Labute approximate surface area is 145 Å². The molecule has 3 aromatic rings. The zero-order valence-corrected chi connectivity index (χ0v) is 14.2. The van der Waals surface area contributed by atoms with E-state index < -0.39 is 0 Å². The molecule has 1 fully saturated rings. The summed E-state index contributed by atoms with van der Waals surface area (Å²) in [5, 5.41) is 4.98. The minimum absolute atomic E-state index is 0.0173. The molecule has 0 radical (unpaired) electrons. The molecule has 128 valence electrons. The fraction of sp³-hybridized carbons (Fsp3) is 0.368. The number of para-hydroxylation sites is 1. The van der Waals surface area contributed by atoms with Crippen LogP contribution in [0.15, 0.2) is 40.9 Å². The Morgan fingerprint density at radius 1 is 1.24 bits per heavy atom. The monoisotopic (exact) mass is 336 g/mol. The maximum absolute atomic E-state index is 12.7. The highest BCUT2D eigenvalue weighted by atomic mass is 16.5. The van der Waals surface area contributed by atoms with Crippen LogP contribution < -0.4 is 0 Å². The second-order valence-corrected chi connectivity index (χ2v) is 6.56. The van der Waals surface area contributed by atoms with Crippen LogP contribution in [0.5, 0.6) is 0 Å². The van der Waals surface area contributed by atoms with Gasteiger partial charge < -0.3 is 9.42 Å². The van der Waals surface area contributed by atoms with Gasteiger partial charge in [0.05, 0.1) is 5.52 Å². The number of aryl methyl sites for hydroxylation is 2. The number of aromatic nitrogens is 3. The molecule has 1 aliphatic heterocycles. The Kier molecular flexibility index (Phi) is 4.17. The number of likely N-dealkylation sites (tertiary alicyclic amines) is 1. The molecule has 1 saturated heterocycles. The molecule has 0 spiro atoms. The van der Waals surface area contributed by atoms with Crippen LogP contribution in [-0.2, 0) is 6.42 Å². The molecule has 2 aromatic heterocycles. The molecule has 0 bridgehead atoms. The SMILES string of the molecule is Cc1nc(CCC2CCN(C(=O)c3ccc4ccccc4n3)C2)no1. The zero-order valence-electron chi connectivity index (χ0n) is 14.2. The van der Waals surface area contributed by atoms with Gasteiger partial charge in [-0.15, -0.1) is 0 Å². The molecule has 4 rings (SSSR count). The van der Waals surface area contributed by atoms with Crippen LogP contribution in [0.3, 0.4) is 0 Å². The number of carbonyl (C=O) groups is 1. The number of nitrogens with zero attached hydrogens (tertiary/aromatic N) is 4. The molecule has 1 aliphatic rings. The summed E-state index contributed by atoms with van der Waals surface area (Å²) in [6, 6.07) is 11.6. The van der Waals surface area contributed by atoms with E-state index >= 15 is 0 Å². The van der Waals surface area contributed by atoms with Crippen LogP contribution in [-0.4, -0.2) is 39.0 Å². The molecule has 6 heteroatoms. The van der Waals surface area contributed by atoms with E-state index in [0.717, 1.165) is 49.1 Å². The first-order valence-electron chi connectivity index (χ1n) is 8.63. The van der Waals surface area contributed by atoms with E-state index in [1.165, 1.54) is 0 Å². The van der Waals surface area contributed by atoms with Gasteiger partial charge >= 0.3 is 0 Å². The summed E-state index contributed by atoms with van der Waals surface area (Å²) < 4.78 is 5.00. The van der Waals surface area contributed by atoms with Gasteiger partial charge in [0.25, 0.3) is 5.91 Å². The van der Waals surface area contributed by atoms with Gasteiger partial charge in [-0.25, -0.2) is 4.98 Å². The Morgan fingerprint density at radius 3 is 2.96 bits per heavy atom. The highest BCUT2D eigenvalue weighted by molar-refractivity contribution is 5.95. The maximum Gasteiger partial charge on any atom is 0.272 e. The lowest BCUT2D eigenvalue weighted by Crippen LogP contribution is -2.29. The first kappa shape index (κ1) is 15.7. The summed E-state index contributed by atoms with van der Waals surface area (Å²) in [4.78, 5) is 23.4. The van der Waals surface area contributed by atoms with Crippen molar-refractivity contribution in [1.82, 2.24) is 20.0 Å². The molecule has 1 amide bonds. The minimum atomic E-state index is 0.0173. The van der Waals surface area contributed by atoms with E-state index in [9.17, 15) is 4.79 Å². The van der Waals surface area contributed by atoms with Gasteiger partial charge in [0, 0.05) is 31.8 Å². The van der Waals surface area contributed by atoms with Crippen LogP contribution in [0.4, 0.5) is 0 Å². The van der Waals surface area contributed by atoms with Crippen LogP contribution in [0.2, 0.25) is 0 Å². The Hall–Kier alpha value is -2.76. The van der Waals surface area contributed by atoms with Crippen molar-refractivity contribution in [3.63, 3.8) is 0 Å². The fourth-order valence-electron chi connectivity index (χ4n) is 3.38. The molecule has 6 nitrogen and oxygen atoms in total. The van der Waals surface area contributed by atoms with Crippen molar-refractivity contribution in [2.45, 2.75) is 26.2 Å². The largest absolute Gasteiger partial charge is 0.340 e. The molecule has 0 N–H and O–H groups in total. The van der Waals surface area contributed by atoms with E-state index in [-0.39, 0.29) is 5.91 Å². The van der Waals surface area contributed by atoms with Gasteiger partial charge in [-0.1, -0.05) is 29.4 Å². The van der Waals surface area contributed by atoms with Crippen molar-refractivity contribution in [3.8, 4) is 0 Å². The third-order valence-electron chi connectivity index (χ3n) is 4.74. The quantitative estimate of drug-likeness (QED) is 0.732. The first-order chi connectivity index (χ1) is 12.2. The van der Waals surface area contributed by atoms with Crippen LogP contribution in [0, 0.1) is 12.8 Å². The second-order valence-electron chi connectivity index (χ2n) is 6.56. The number of amides is 1. The number of carbonyl (C=O) groups excluding carboxylic acids is 1. The smallest absolute Gasteiger partial charge is 0.272 e. The number of hydrogen-bond acceptors (Lipinski definition) is 5. The number of fused-ring (bicyclic) bond motifs is 1. The Balaban J connectivity index is 1.39. The summed E-state index contributed by atoms with van der Waals surface area (Å²) in [5.41, 5.74) is 1.38. The van der Waals surface area contributed by atoms with Gasteiger partial charge in [0.15, 0.2) is 5.82 Å². The number of pyridine rings is 1. The van der Waals surface area contributed by atoms with Crippen molar-refractivity contribution in [3.05, 3.63) is 53.8 Å². The molecule has 3 heterocycles. The molecule has 1 unspecified atom stereocenters. The van der Waals surface area contributed by atoms with Crippen molar-refractivity contribution < 1.29 is 9.32 Å². The first-order valence-corrected chi connectivity index (χ1v) is 8.63. The number of rotatable bonds is 4. The van der Waals surface area contributed by atoms with Crippen LogP contribution in [0.1, 0.15) is 35.0 Å². The van der Waals surface area contributed by atoms with E-state index in [1.54, 1.807) is 6.92 Å². The summed E-state index contributed by atoms with van der Waals surface area (Å²) in [6.07, 6.45) is 2.77. The zero-order chi connectivity index (χ0) is 17.2. The highest BCUT2D eigenvalue weighted by Gasteiger charge is 2.27. The van der Waals surface area contributed by atoms with Gasteiger partial charge in [-0.05, 0) is 30.9 Å². The van der Waals surface area contributed by atoms with Crippen LogP contribution in [0.25, 0.3) is 10.9 Å². The highest BCUT2D eigenvalue weighted by Crippen LogP contribution is 2.23. The van der Waals surface area contributed by atoms with Crippen molar-refractivity contribution in [1.29, 1.82) is 0 Å². The number of hydrogen-bond donors (Lipinski definition) is 0. The van der Waals surface area contributed by atoms with Crippen molar-refractivity contribution in [2.24, 2.45) is 5.92 Å². The van der Waals surface area contributed by atoms with Gasteiger partial charge in [-0.2, -0.15) is 4.98 Å². The van der Waals surface area contributed by atoms with Crippen molar-refractivity contribution >= 4 is 16.8 Å². The van der Waals surface area contributed by atoms with E-state index in [1.807, 2.05) is 41.3 Å². The lowest BCUT2D eigenvalue weighted by atomic mass is 10.0. The molecule has 1 atom stereocenters. The van der Waals surface area contributed by atoms with Crippen LogP contribution >= 0.6 is 0 Å². The average molecular weight is 336 g/mol. The summed E-state index contributed by atoms with van der Waals surface area (Å²) in [6.45, 7) is 3.34. The maximum atomic E-state index is 12.7. The predicted octanol–water partition coefficient (Wildman–Crippen LogP) is 3.02. The van der Waals surface area contributed by atoms with E-state index in [2.05, 4.69) is 15.1 Å². The Morgan fingerprint density at radius 2 is 2.12 bits per heavy atom. The van der Waals surface area contributed by atoms with E-state index in [0.29, 0.717) is 17.5 Å². The van der Waals surface area contributed by atoms with Gasteiger partial charge in [0.1, 0.15) is 5.69 Å². The lowest BCUT2D eigenvalue weighted by Gasteiger charge is -2.16. The molecular formula is C19H20N4O2. The Bertz CT molecular complexity index is 905.